The first-order valence-electron chi connectivity index (χ1n) is 8.68. The molecular formula is C21H15N3O5. The Kier molecular flexibility index (Phi) is 4.66. The number of amides is 1. The first-order valence-corrected chi connectivity index (χ1v) is 8.68. The molecule has 144 valence electrons. The van der Waals surface area contributed by atoms with Crippen LogP contribution in [-0.2, 0) is 0 Å². The molecule has 2 heterocycles. The normalized spacial score (nSPS) is 11.2. The van der Waals surface area contributed by atoms with Gasteiger partial charge in [-0.2, -0.15) is 5.10 Å². The molecule has 0 aliphatic heterocycles. The molecule has 1 amide bonds. The molecule has 1 N–H and O–H groups in total. The number of carbonyl (C=O) groups excluding carboxylic acids is 1. The van der Waals surface area contributed by atoms with Gasteiger partial charge >= 0.3 is 5.91 Å². The van der Waals surface area contributed by atoms with Crippen molar-refractivity contribution in [3.05, 3.63) is 87.9 Å². The maximum Gasteiger partial charge on any atom is 0.307 e. The van der Waals surface area contributed by atoms with Gasteiger partial charge in [0.2, 0.25) is 0 Å². The average molecular weight is 389 g/mol. The number of fused-ring (bicyclic) bond motifs is 1. The number of benzene rings is 2. The number of nitrogens with one attached hydrogen (secondary N) is 1. The summed E-state index contributed by atoms with van der Waals surface area (Å²) >= 11 is 0. The SMILES string of the molecule is Cc1cc([N+](=O)[O-])ccc1-c1ccc(/C=N\NC(=O)c2cc3ccccc3o2)o1. The molecular weight excluding hydrogens is 374 g/mol. The van der Waals surface area contributed by atoms with Crippen molar-refractivity contribution >= 4 is 28.8 Å². The van der Waals surface area contributed by atoms with Crippen molar-refractivity contribution in [2.45, 2.75) is 6.92 Å². The van der Waals surface area contributed by atoms with Crippen LogP contribution in [0, 0.1) is 17.0 Å². The lowest BCUT2D eigenvalue weighted by molar-refractivity contribution is -0.384. The van der Waals surface area contributed by atoms with Crippen LogP contribution in [0.2, 0.25) is 0 Å². The van der Waals surface area contributed by atoms with Gasteiger partial charge in [-0.25, -0.2) is 5.43 Å². The van der Waals surface area contributed by atoms with E-state index in [-0.39, 0.29) is 11.4 Å². The van der Waals surface area contributed by atoms with Crippen LogP contribution in [0.25, 0.3) is 22.3 Å². The number of rotatable bonds is 5. The lowest BCUT2D eigenvalue weighted by atomic mass is 10.1. The Labute approximate surface area is 164 Å². The van der Waals surface area contributed by atoms with Gasteiger partial charge < -0.3 is 8.83 Å². The highest BCUT2D eigenvalue weighted by molar-refractivity contribution is 5.96. The molecule has 8 heteroatoms. The summed E-state index contributed by atoms with van der Waals surface area (Å²) in [6.45, 7) is 1.77. The quantitative estimate of drug-likeness (QED) is 0.303. The largest absolute Gasteiger partial charge is 0.455 e. The number of hydrogen-bond acceptors (Lipinski definition) is 6. The Hall–Kier alpha value is -4.20. The third-order valence-electron chi connectivity index (χ3n) is 4.32. The van der Waals surface area contributed by atoms with Gasteiger partial charge in [-0.05, 0) is 42.8 Å². The first-order chi connectivity index (χ1) is 14.0. The molecule has 0 fully saturated rings. The van der Waals surface area contributed by atoms with Crippen molar-refractivity contribution in [1.82, 2.24) is 5.43 Å². The van der Waals surface area contributed by atoms with E-state index in [1.54, 1.807) is 37.3 Å². The van der Waals surface area contributed by atoms with Gasteiger partial charge in [-0.3, -0.25) is 14.9 Å². The van der Waals surface area contributed by atoms with E-state index in [0.717, 1.165) is 16.5 Å². The van der Waals surface area contributed by atoms with Crippen LogP contribution >= 0.6 is 0 Å². The van der Waals surface area contributed by atoms with E-state index in [1.165, 1.54) is 18.3 Å². The molecule has 8 nitrogen and oxygen atoms in total. The van der Waals surface area contributed by atoms with Crippen molar-refractivity contribution in [3.63, 3.8) is 0 Å². The lowest BCUT2D eigenvalue weighted by Crippen LogP contribution is -2.16. The number of furan rings is 2. The molecule has 0 saturated carbocycles. The van der Waals surface area contributed by atoms with Gasteiger partial charge in [0.1, 0.15) is 17.1 Å². The molecule has 0 aliphatic rings. The fourth-order valence-corrected chi connectivity index (χ4v) is 2.91. The zero-order valence-corrected chi connectivity index (χ0v) is 15.3. The molecule has 4 aromatic rings. The van der Waals surface area contributed by atoms with Crippen molar-refractivity contribution in [2.24, 2.45) is 5.10 Å². The maximum atomic E-state index is 12.2. The highest BCUT2D eigenvalue weighted by atomic mass is 16.6. The second-order valence-electron chi connectivity index (χ2n) is 6.31. The summed E-state index contributed by atoms with van der Waals surface area (Å²) in [5.74, 6) is 0.644. The first kappa shape index (κ1) is 18.2. The summed E-state index contributed by atoms with van der Waals surface area (Å²) < 4.78 is 11.2. The van der Waals surface area contributed by atoms with E-state index in [0.29, 0.717) is 17.1 Å². The lowest BCUT2D eigenvalue weighted by Gasteiger charge is -2.02. The van der Waals surface area contributed by atoms with Crippen LogP contribution in [-0.4, -0.2) is 17.0 Å². The van der Waals surface area contributed by atoms with Crippen molar-refractivity contribution < 1.29 is 18.6 Å². The molecule has 0 unspecified atom stereocenters. The van der Waals surface area contributed by atoms with Crippen LogP contribution in [0.15, 0.2) is 74.6 Å². The number of carbonyl (C=O) groups is 1. The number of nitro groups is 1. The fourth-order valence-electron chi connectivity index (χ4n) is 2.91. The molecule has 0 aliphatic carbocycles. The third kappa shape index (κ3) is 3.77. The van der Waals surface area contributed by atoms with Gasteiger partial charge in [0.05, 0.1) is 11.1 Å². The highest BCUT2D eigenvalue weighted by Gasteiger charge is 2.13. The highest BCUT2D eigenvalue weighted by Crippen LogP contribution is 2.28. The summed E-state index contributed by atoms with van der Waals surface area (Å²) in [6, 6.07) is 16.9. The molecule has 0 bridgehead atoms. The third-order valence-corrected chi connectivity index (χ3v) is 4.32. The van der Waals surface area contributed by atoms with Crippen molar-refractivity contribution in [3.8, 4) is 11.3 Å². The smallest absolute Gasteiger partial charge is 0.307 e. The zero-order valence-electron chi connectivity index (χ0n) is 15.3. The predicted molar refractivity (Wildman–Crippen MR) is 107 cm³/mol. The Bertz CT molecular complexity index is 1220. The summed E-state index contributed by atoms with van der Waals surface area (Å²) in [5.41, 5.74) is 4.49. The van der Waals surface area contributed by atoms with Gasteiger partial charge in [0, 0.05) is 23.1 Å². The Balaban J connectivity index is 1.45. The zero-order chi connectivity index (χ0) is 20.4. The van der Waals surface area contributed by atoms with Gasteiger partial charge in [0.15, 0.2) is 5.76 Å². The number of nitro benzene ring substituents is 1. The Morgan fingerprint density at radius 3 is 2.69 bits per heavy atom. The molecule has 0 spiro atoms. The Morgan fingerprint density at radius 1 is 1.10 bits per heavy atom. The van der Waals surface area contributed by atoms with Crippen LogP contribution < -0.4 is 5.43 Å². The van der Waals surface area contributed by atoms with Crippen molar-refractivity contribution in [2.75, 3.05) is 0 Å². The number of nitrogens with zero attached hydrogens (tertiary/aromatic N) is 2. The minimum atomic E-state index is -0.476. The summed E-state index contributed by atoms with van der Waals surface area (Å²) in [4.78, 5) is 22.6. The molecule has 29 heavy (non-hydrogen) atoms. The van der Waals surface area contributed by atoms with Gasteiger partial charge in [-0.1, -0.05) is 18.2 Å². The molecule has 2 aromatic carbocycles. The van der Waals surface area contributed by atoms with Gasteiger partial charge in [0.25, 0.3) is 5.69 Å². The number of para-hydroxylation sites is 1. The van der Waals surface area contributed by atoms with E-state index in [2.05, 4.69) is 10.5 Å². The average Bonchev–Trinajstić information content (AvgIpc) is 3.34. The molecule has 2 aromatic heterocycles. The minimum Gasteiger partial charge on any atom is -0.455 e. The number of hydrazone groups is 1. The fraction of sp³-hybridized carbons (Fsp3) is 0.0476. The summed E-state index contributed by atoms with van der Waals surface area (Å²) in [5, 5.41) is 15.6. The minimum absolute atomic E-state index is 0.0212. The maximum absolute atomic E-state index is 12.2. The predicted octanol–water partition coefficient (Wildman–Crippen LogP) is 4.67. The van der Waals surface area contributed by atoms with Crippen LogP contribution in [0.4, 0.5) is 5.69 Å². The molecule has 0 saturated heterocycles. The van der Waals surface area contributed by atoms with Crippen molar-refractivity contribution in [1.29, 1.82) is 0 Å². The summed E-state index contributed by atoms with van der Waals surface area (Å²) in [6.07, 6.45) is 1.37. The standard InChI is InChI=1S/C21H15N3O5/c1-13-10-15(24(26)27)6-8-17(13)19-9-7-16(28-19)12-22-23-21(25)20-11-14-4-2-3-5-18(14)29-20/h2-12H,1H3,(H,23,25)/b22-12-. The topological polar surface area (TPSA) is 111 Å². The second-order valence-corrected chi connectivity index (χ2v) is 6.31. The monoisotopic (exact) mass is 389 g/mol. The van der Waals surface area contributed by atoms with E-state index in [9.17, 15) is 14.9 Å². The van der Waals surface area contributed by atoms with E-state index in [4.69, 9.17) is 8.83 Å². The van der Waals surface area contributed by atoms with Crippen LogP contribution in [0.1, 0.15) is 21.9 Å². The van der Waals surface area contributed by atoms with E-state index in [1.807, 2.05) is 18.2 Å². The van der Waals surface area contributed by atoms with Crippen LogP contribution in [0.3, 0.4) is 0 Å². The van der Waals surface area contributed by atoms with E-state index >= 15 is 0 Å². The Morgan fingerprint density at radius 2 is 1.93 bits per heavy atom. The molecule has 4 rings (SSSR count). The second kappa shape index (κ2) is 7.43. The number of hydrogen-bond donors (Lipinski definition) is 1. The molecule has 0 radical (unpaired) electrons. The molecule has 0 atom stereocenters. The van der Waals surface area contributed by atoms with Crippen LogP contribution in [0.5, 0.6) is 0 Å². The van der Waals surface area contributed by atoms with Gasteiger partial charge in [-0.15, -0.1) is 0 Å². The number of non-ortho nitro benzene ring substituents is 1. The summed E-state index contributed by atoms with van der Waals surface area (Å²) in [7, 11) is 0. The van der Waals surface area contributed by atoms with E-state index < -0.39 is 10.8 Å². The number of aryl methyl sites for hydroxylation is 1.